The first-order chi connectivity index (χ1) is 9.70. The summed E-state index contributed by atoms with van der Waals surface area (Å²) in [6.45, 7) is 3.31. The predicted octanol–water partition coefficient (Wildman–Crippen LogP) is 2.42. The first-order valence-corrected chi connectivity index (χ1v) is 8.66. The zero-order valence-corrected chi connectivity index (χ0v) is 14.1. The van der Waals surface area contributed by atoms with Crippen molar-refractivity contribution in [1.29, 1.82) is 0 Å². The Bertz CT molecular complexity index is 817. The molecule has 2 N–H and O–H groups in total. The average Bonchev–Trinajstić information content (AvgIpc) is 2.76. The fourth-order valence-corrected chi connectivity index (χ4v) is 4.43. The van der Waals surface area contributed by atoms with E-state index in [9.17, 15) is 13.2 Å². The maximum atomic E-state index is 12.4. The van der Waals surface area contributed by atoms with Crippen LogP contribution in [0, 0.1) is 13.8 Å². The summed E-state index contributed by atoms with van der Waals surface area (Å²) in [6, 6.07) is 2.48. The Hall–Kier alpha value is -1.52. The van der Waals surface area contributed by atoms with Crippen LogP contribution in [0.4, 0.5) is 5.13 Å². The molecule has 0 unspecified atom stereocenters. The molecule has 0 atom stereocenters. The molecular formula is C11H10BrN3O4S2. The van der Waals surface area contributed by atoms with Crippen molar-refractivity contribution < 1.29 is 18.3 Å². The van der Waals surface area contributed by atoms with Crippen LogP contribution in [0.1, 0.15) is 20.9 Å². The molecule has 0 bridgehead atoms. The van der Waals surface area contributed by atoms with E-state index in [2.05, 4.69) is 30.8 Å². The lowest BCUT2D eigenvalue weighted by Gasteiger charge is -2.10. The second kappa shape index (κ2) is 5.70. The summed E-state index contributed by atoms with van der Waals surface area (Å²) in [6.07, 6.45) is 0. The van der Waals surface area contributed by atoms with Crippen molar-refractivity contribution in [2.24, 2.45) is 0 Å². The number of sulfonamides is 1. The number of nitrogens with zero attached hydrogens (tertiary/aromatic N) is 2. The lowest BCUT2D eigenvalue weighted by molar-refractivity contribution is 0.0696. The molecule has 0 aliphatic heterocycles. The van der Waals surface area contributed by atoms with E-state index in [4.69, 9.17) is 5.11 Å². The Morgan fingerprint density at radius 3 is 2.52 bits per heavy atom. The van der Waals surface area contributed by atoms with Gasteiger partial charge in [-0.2, -0.15) is 0 Å². The van der Waals surface area contributed by atoms with Crippen LogP contribution in [0.25, 0.3) is 0 Å². The Kier molecular flexibility index (Phi) is 4.30. The number of hydrogen-bond acceptors (Lipinski definition) is 6. The van der Waals surface area contributed by atoms with Gasteiger partial charge in [-0.25, -0.2) is 13.2 Å². The van der Waals surface area contributed by atoms with E-state index in [0.717, 1.165) is 17.4 Å². The maximum Gasteiger partial charge on any atom is 0.335 e. The van der Waals surface area contributed by atoms with Crippen LogP contribution >= 0.6 is 27.3 Å². The van der Waals surface area contributed by atoms with Gasteiger partial charge in [0.15, 0.2) is 0 Å². The van der Waals surface area contributed by atoms with Crippen molar-refractivity contribution in [2.75, 3.05) is 4.72 Å². The number of halogens is 1. The van der Waals surface area contributed by atoms with Gasteiger partial charge in [0, 0.05) is 4.47 Å². The van der Waals surface area contributed by atoms with Crippen molar-refractivity contribution >= 4 is 48.4 Å². The molecule has 0 radical (unpaired) electrons. The van der Waals surface area contributed by atoms with Crippen LogP contribution in [0.2, 0.25) is 0 Å². The first kappa shape index (κ1) is 15.9. The van der Waals surface area contributed by atoms with Crippen LogP contribution in [-0.2, 0) is 10.0 Å². The molecule has 7 nitrogen and oxygen atoms in total. The van der Waals surface area contributed by atoms with Crippen LogP contribution in [0.15, 0.2) is 21.5 Å². The Morgan fingerprint density at radius 2 is 2.00 bits per heavy atom. The third-order valence-electron chi connectivity index (χ3n) is 2.51. The number of benzene rings is 1. The van der Waals surface area contributed by atoms with Crippen LogP contribution in [0.5, 0.6) is 0 Å². The molecule has 21 heavy (non-hydrogen) atoms. The van der Waals surface area contributed by atoms with Gasteiger partial charge in [-0.15, -0.1) is 10.2 Å². The third kappa shape index (κ3) is 3.39. The quantitative estimate of drug-likeness (QED) is 0.827. The molecule has 0 amide bonds. The molecule has 0 aliphatic rings. The first-order valence-electron chi connectivity index (χ1n) is 5.57. The molecule has 2 rings (SSSR count). The number of carboxylic acid groups (broad SMARTS) is 1. The van der Waals surface area contributed by atoms with Gasteiger partial charge in [-0.05, 0) is 47.5 Å². The van der Waals surface area contributed by atoms with Crippen LogP contribution in [-0.4, -0.2) is 29.7 Å². The summed E-state index contributed by atoms with van der Waals surface area (Å²) < 4.78 is 27.3. The molecule has 10 heteroatoms. The Labute approximate surface area is 133 Å². The Morgan fingerprint density at radius 1 is 1.33 bits per heavy atom. The summed E-state index contributed by atoms with van der Waals surface area (Å²) in [7, 11) is -3.96. The van der Waals surface area contributed by atoms with Gasteiger partial charge in [0.1, 0.15) is 9.90 Å². The monoisotopic (exact) mass is 391 g/mol. The maximum absolute atomic E-state index is 12.4. The van der Waals surface area contributed by atoms with Crippen LogP contribution < -0.4 is 4.72 Å². The topological polar surface area (TPSA) is 109 Å². The van der Waals surface area contributed by atoms with Gasteiger partial charge in [-0.1, -0.05) is 11.3 Å². The van der Waals surface area contributed by atoms with Crippen molar-refractivity contribution in [2.45, 2.75) is 18.7 Å². The largest absolute Gasteiger partial charge is 0.478 e. The van der Waals surface area contributed by atoms with E-state index in [1.165, 1.54) is 6.07 Å². The molecule has 1 aromatic carbocycles. The zero-order chi connectivity index (χ0) is 15.8. The molecule has 112 valence electrons. The van der Waals surface area contributed by atoms with Gasteiger partial charge >= 0.3 is 5.97 Å². The number of aryl methyl sites for hydroxylation is 2. The van der Waals surface area contributed by atoms with Gasteiger partial charge in [-0.3, -0.25) is 4.72 Å². The summed E-state index contributed by atoms with van der Waals surface area (Å²) >= 11 is 4.26. The van der Waals surface area contributed by atoms with Crippen molar-refractivity contribution in [3.63, 3.8) is 0 Å². The smallest absolute Gasteiger partial charge is 0.335 e. The number of anilines is 1. The standard InChI is InChI=1S/C11H10BrN3O4S2/c1-5-3-7(10(16)17)4-8(9(5)12)21(18,19)15-11-14-13-6(2)20-11/h3-4H,1-2H3,(H,14,15)(H,16,17). The number of aromatic carboxylic acids is 1. The van der Waals surface area contributed by atoms with Crippen molar-refractivity contribution in [1.82, 2.24) is 10.2 Å². The number of aromatic nitrogens is 2. The van der Waals surface area contributed by atoms with Gasteiger partial charge in [0.05, 0.1) is 5.56 Å². The molecule has 2 aromatic rings. The second-order valence-electron chi connectivity index (χ2n) is 4.14. The predicted molar refractivity (Wildman–Crippen MR) is 81.3 cm³/mol. The third-order valence-corrected chi connectivity index (χ3v) is 6.07. The minimum atomic E-state index is -3.96. The fraction of sp³-hybridized carbons (Fsp3) is 0.182. The van der Waals surface area contributed by atoms with E-state index in [1.54, 1.807) is 13.8 Å². The highest BCUT2D eigenvalue weighted by Crippen LogP contribution is 2.29. The SMILES string of the molecule is Cc1nnc(NS(=O)(=O)c2cc(C(=O)O)cc(C)c2Br)s1. The van der Waals surface area contributed by atoms with E-state index in [1.807, 2.05) is 0 Å². The molecule has 1 aromatic heterocycles. The van der Waals surface area contributed by atoms with E-state index < -0.39 is 16.0 Å². The molecule has 0 saturated carbocycles. The number of carboxylic acids is 1. The lowest BCUT2D eigenvalue weighted by atomic mass is 10.1. The number of rotatable bonds is 4. The highest BCUT2D eigenvalue weighted by atomic mass is 79.9. The zero-order valence-electron chi connectivity index (χ0n) is 10.9. The minimum absolute atomic E-state index is 0.107. The van der Waals surface area contributed by atoms with Gasteiger partial charge < -0.3 is 5.11 Å². The van der Waals surface area contributed by atoms with Gasteiger partial charge in [0.25, 0.3) is 10.0 Å². The fourth-order valence-electron chi connectivity index (χ4n) is 1.56. The molecule has 0 saturated heterocycles. The number of nitrogens with one attached hydrogen (secondary N) is 1. The second-order valence-corrected chi connectivity index (χ2v) is 7.77. The number of hydrogen-bond donors (Lipinski definition) is 2. The normalized spacial score (nSPS) is 11.4. The van der Waals surface area contributed by atoms with E-state index in [-0.39, 0.29) is 15.6 Å². The van der Waals surface area contributed by atoms with E-state index in [0.29, 0.717) is 15.0 Å². The molecule has 0 fully saturated rings. The number of carbonyl (C=O) groups is 1. The molecule has 0 spiro atoms. The summed E-state index contributed by atoms with van der Waals surface area (Å²) in [5.74, 6) is -1.20. The average molecular weight is 392 g/mol. The molecule has 0 aliphatic carbocycles. The van der Waals surface area contributed by atoms with E-state index >= 15 is 0 Å². The van der Waals surface area contributed by atoms with Crippen molar-refractivity contribution in [3.05, 3.63) is 32.7 Å². The summed E-state index contributed by atoms with van der Waals surface area (Å²) in [5, 5.41) is 17.2. The highest BCUT2D eigenvalue weighted by Gasteiger charge is 2.23. The molecule has 1 heterocycles. The summed E-state index contributed by atoms with van der Waals surface area (Å²) in [5.41, 5.74) is 0.397. The minimum Gasteiger partial charge on any atom is -0.478 e. The Balaban J connectivity index is 2.51. The highest BCUT2D eigenvalue weighted by molar-refractivity contribution is 9.10. The lowest BCUT2D eigenvalue weighted by Crippen LogP contribution is -2.15. The molecular weight excluding hydrogens is 382 g/mol. The van der Waals surface area contributed by atoms with Crippen molar-refractivity contribution in [3.8, 4) is 0 Å². The van der Waals surface area contributed by atoms with Crippen LogP contribution in [0.3, 0.4) is 0 Å². The summed E-state index contributed by atoms with van der Waals surface area (Å²) in [4.78, 5) is 10.9. The van der Waals surface area contributed by atoms with Gasteiger partial charge in [0.2, 0.25) is 5.13 Å².